The second-order valence-electron chi connectivity index (χ2n) is 7.59. The molecule has 0 unspecified atom stereocenters. The van der Waals surface area contributed by atoms with E-state index in [1.165, 1.54) is 0 Å². The van der Waals surface area contributed by atoms with Crippen molar-refractivity contribution >= 4 is 23.0 Å². The van der Waals surface area contributed by atoms with Gasteiger partial charge in [0.15, 0.2) is 5.82 Å². The number of aryl methyl sites for hydroxylation is 2. The molecule has 0 saturated heterocycles. The predicted molar refractivity (Wildman–Crippen MR) is 116 cm³/mol. The number of aliphatic hydroxyl groups excluding tert-OH is 1. The largest absolute Gasteiger partial charge is 0.391 e. The highest BCUT2D eigenvalue weighted by Crippen LogP contribution is 2.36. The third-order valence-electron chi connectivity index (χ3n) is 5.07. The molecule has 0 spiro atoms. The molecule has 0 saturated carbocycles. The lowest BCUT2D eigenvalue weighted by molar-refractivity contribution is -0.110. The number of allylic oxidation sites excluding steroid dienone is 1. The lowest BCUT2D eigenvalue weighted by Crippen LogP contribution is -2.14. The van der Waals surface area contributed by atoms with Crippen molar-refractivity contribution in [3.8, 4) is 11.3 Å². The number of nitrogens with zero attached hydrogens (tertiary/aromatic N) is 4. The Morgan fingerprint density at radius 2 is 2.07 bits per heavy atom. The lowest BCUT2D eigenvalue weighted by Gasteiger charge is -2.09. The number of anilines is 2. The second kappa shape index (κ2) is 7.72. The molecule has 154 valence electrons. The van der Waals surface area contributed by atoms with Crippen molar-refractivity contribution in [1.29, 1.82) is 0 Å². The normalized spacial score (nSPS) is 15.6. The van der Waals surface area contributed by atoms with E-state index in [1.807, 2.05) is 39.0 Å². The van der Waals surface area contributed by atoms with Gasteiger partial charge in [0.2, 0.25) is 0 Å². The third-order valence-corrected chi connectivity index (χ3v) is 5.07. The maximum Gasteiger partial charge on any atom is 0.258 e. The molecule has 8 heteroatoms. The molecule has 4 rings (SSSR count). The minimum absolute atomic E-state index is 0.183. The minimum Gasteiger partial charge on any atom is -0.391 e. The fourth-order valence-electron chi connectivity index (χ4n) is 3.58. The van der Waals surface area contributed by atoms with Gasteiger partial charge >= 0.3 is 0 Å². The topological polar surface area (TPSA) is 105 Å². The molecular formula is C22H24N6O2. The van der Waals surface area contributed by atoms with E-state index in [4.69, 9.17) is 0 Å². The van der Waals surface area contributed by atoms with Crippen molar-refractivity contribution in [1.82, 2.24) is 19.7 Å². The average molecular weight is 404 g/mol. The van der Waals surface area contributed by atoms with Crippen LogP contribution in [0.5, 0.6) is 0 Å². The lowest BCUT2D eigenvalue weighted by atomic mass is 10.0. The van der Waals surface area contributed by atoms with Crippen LogP contribution in [0.25, 0.3) is 16.8 Å². The molecule has 1 atom stereocenters. The van der Waals surface area contributed by atoms with E-state index in [1.54, 1.807) is 30.2 Å². The highest BCUT2D eigenvalue weighted by atomic mass is 16.3. The Morgan fingerprint density at radius 1 is 1.27 bits per heavy atom. The van der Waals surface area contributed by atoms with Crippen LogP contribution in [0.2, 0.25) is 0 Å². The molecule has 3 N–H and O–H groups in total. The monoisotopic (exact) mass is 404 g/mol. The summed E-state index contributed by atoms with van der Waals surface area (Å²) in [6.45, 7) is 7.91. The zero-order chi connectivity index (χ0) is 21.4. The van der Waals surface area contributed by atoms with Crippen LogP contribution in [0, 0.1) is 13.8 Å². The molecule has 1 amide bonds. The quantitative estimate of drug-likeness (QED) is 0.564. The van der Waals surface area contributed by atoms with Gasteiger partial charge in [0.25, 0.3) is 5.91 Å². The number of hydrogen-bond acceptors (Lipinski definition) is 6. The number of rotatable bonds is 5. The zero-order valence-corrected chi connectivity index (χ0v) is 17.4. The summed E-state index contributed by atoms with van der Waals surface area (Å²) in [7, 11) is 0. The molecule has 3 aromatic heterocycles. The van der Waals surface area contributed by atoms with E-state index in [-0.39, 0.29) is 5.91 Å². The maximum absolute atomic E-state index is 12.7. The van der Waals surface area contributed by atoms with Gasteiger partial charge in [0, 0.05) is 41.0 Å². The predicted octanol–water partition coefficient (Wildman–Crippen LogP) is 3.13. The smallest absolute Gasteiger partial charge is 0.258 e. The van der Waals surface area contributed by atoms with E-state index in [0.29, 0.717) is 29.3 Å². The van der Waals surface area contributed by atoms with Crippen molar-refractivity contribution in [2.75, 3.05) is 10.6 Å². The van der Waals surface area contributed by atoms with Crippen LogP contribution >= 0.6 is 0 Å². The van der Waals surface area contributed by atoms with Gasteiger partial charge in [0.05, 0.1) is 35.8 Å². The molecule has 30 heavy (non-hydrogen) atoms. The first kappa shape index (κ1) is 19.8. The van der Waals surface area contributed by atoms with Gasteiger partial charge in [-0.25, -0.2) is 0 Å². The Kier molecular flexibility index (Phi) is 5.09. The second-order valence-corrected chi connectivity index (χ2v) is 7.59. The summed E-state index contributed by atoms with van der Waals surface area (Å²) in [5.74, 6) is 0.439. The van der Waals surface area contributed by atoms with Gasteiger partial charge in [-0.05, 0) is 45.4 Å². The maximum atomic E-state index is 12.7. The molecule has 1 aliphatic rings. The van der Waals surface area contributed by atoms with Crippen LogP contribution in [-0.2, 0) is 11.3 Å². The van der Waals surface area contributed by atoms with Gasteiger partial charge in [-0.1, -0.05) is 0 Å². The third kappa shape index (κ3) is 3.69. The number of pyridine rings is 2. The molecule has 0 radical (unpaired) electrons. The number of aromatic nitrogens is 4. The summed E-state index contributed by atoms with van der Waals surface area (Å²) in [6.07, 6.45) is 4.71. The summed E-state index contributed by atoms with van der Waals surface area (Å²) in [4.78, 5) is 21.4. The van der Waals surface area contributed by atoms with Crippen LogP contribution in [0.3, 0.4) is 0 Å². The first-order valence-corrected chi connectivity index (χ1v) is 9.76. The molecule has 3 aromatic rings. The van der Waals surface area contributed by atoms with Crippen molar-refractivity contribution in [2.45, 2.75) is 40.3 Å². The first-order chi connectivity index (χ1) is 14.3. The Bertz CT molecular complexity index is 1160. The number of amides is 1. The van der Waals surface area contributed by atoms with E-state index in [0.717, 1.165) is 28.1 Å². The fraction of sp³-hybridized carbons (Fsp3) is 0.273. The Hall–Kier alpha value is -3.52. The average Bonchev–Trinajstić information content (AvgIpc) is 3.19. The van der Waals surface area contributed by atoms with E-state index in [2.05, 4.69) is 25.7 Å². The fourth-order valence-corrected chi connectivity index (χ4v) is 3.58. The van der Waals surface area contributed by atoms with Gasteiger partial charge in [-0.2, -0.15) is 5.10 Å². The summed E-state index contributed by atoms with van der Waals surface area (Å²) < 4.78 is 1.74. The highest BCUT2D eigenvalue weighted by molar-refractivity contribution is 6.32. The number of aliphatic hydroxyl groups is 1. The molecule has 8 nitrogen and oxygen atoms in total. The molecular weight excluding hydrogens is 380 g/mol. The Balaban J connectivity index is 1.70. The van der Waals surface area contributed by atoms with E-state index < -0.39 is 6.10 Å². The van der Waals surface area contributed by atoms with Gasteiger partial charge in [0.1, 0.15) is 0 Å². The molecule has 0 bridgehead atoms. The van der Waals surface area contributed by atoms with Crippen LogP contribution in [0.1, 0.15) is 30.7 Å². The number of carbonyl (C=O) groups is 1. The molecule has 1 aliphatic heterocycles. The van der Waals surface area contributed by atoms with Crippen LogP contribution in [0.4, 0.5) is 11.5 Å². The SMILES string of the molecule is C/C(Nc1cc(C)n(C[C@H](C)O)n1)=C1/C(=O)Nc2cnc(-c3cnccc3C)cc21. The first-order valence-electron chi connectivity index (χ1n) is 9.76. The minimum atomic E-state index is -0.495. The molecule has 0 aliphatic carbocycles. The van der Waals surface area contributed by atoms with Crippen molar-refractivity contribution in [3.05, 3.63) is 59.3 Å². The molecule has 0 fully saturated rings. The van der Waals surface area contributed by atoms with E-state index in [9.17, 15) is 9.90 Å². The number of nitrogens with one attached hydrogen (secondary N) is 2. The summed E-state index contributed by atoms with van der Waals surface area (Å²) in [5, 5.41) is 20.2. The van der Waals surface area contributed by atoms with Gasteiger partial charge in [-0.3, -0.25) is 19.4 Å². The Morgan fingerprint density at radius 3 is 2.80 bits per heavy atom. The molecule has 4 heterocycles. The highest BCUT2D eigenvalue weighted by Gasteiger charge is 2.28. The van der Waals surface area contributed by atoms with Crippen LogP contribution < -0.4 is 10.6 Å². The van der Waals surface area contributed by atoms with Crippen molar-refractivity contribution in [2.24, 2.45) is 0 Å². The number of carbonyl (C=O) groups excluding carboxylic acids is 1. The van der Waals surface area contributed by atoms with Crippen molar-refractivity contribution < 1.29 is 9.90 Å². The summed E-state index contributed by atoms with van der Waals surface area (Å²) in [6, 6.07) is 5.73. The summed E-state index contributed by atoms with van der Waals surface area (Å²) in [5.41, 5.74) is 6.39. The standard InChI is InChI=1S/C22H24N6O2/c1-12-5-6-23-9-17(12)18-8-16-19(10-24-18)26-22(30)21(16)15(4)25-20-7-13(2)28(27-20)11-14(3)29/h5-10,14,29H,11H2,1-4H3,(H,25,27)(H,26,30)/b21-15-/t14-/m0/s1. The Labute approximate surface area is 174 Å². The van der Waals surface area contributed by atoms with Crippen molar-refractivity contribution in [3.63, 3.8) is 0 Å². The number of fused-ring (bicyclic) bond motifs is 1. The summed E-state index contributed by atoms with van der Waals surface area (Å²) >= 11 is 0. The zero-order valence-electron chi connectivity index (χ0n) is 17.4. The molecule has 0 aromatic carbocycles. The van der Waals surface area contributed by atoms with Gasteiger partial charge in [-0.15, -0.1) is 0 Å². The van der Waals surface area contributed by atoms with Crippen LogP contribution in [0.15, 0.2) is 42.5 Å². The van der Waals surface area contributed by atoms with Crippen LogP contribution in [-0.4, -0.2) is 36.9 Å². The number of hydrogen-bond donors (Lipinski definition) is 3. The van der Waals surface area contributed by atoms with E-state index >= 15 is 0 Å². The van der Waals surface area contributed by atoms with Gasteiger partial charge < -0.3 is 15.7 Å².